The summed E-state index contributed by atoms with van der Waals surface area (Å²) in [7, 11) is 1.59. The highest BCUT2D eigenvalue weighted by Gasteiger charge is 2.50. The number of benzene rings is 2. The highest BCUT2D eigenvalue weighted by atomic mass is 16.6. The zero-order valence-electron chi connectivity index (χ0n) is 20.9. The van der Waals surface area contributed by atoms with Crippen molar-refractivity contribution in [1.29, 1.82) is 0 Å². The quantitative estimate of drug-likeness (QED) is 0.234. The molecule has 34 heavy (non-hydrogen) atoms. The van der Waals surface area contributed by atoms with Crippen LogP contribution in [0.25, 0.3) is 10.8 Å². The Morgan fingerprint density at radius 1 is 0.882 bits per heavy atom. The van der Waals surface area contributed by atoms with Crippen LogP contribution in [0.15, 0.2) is 36.4 Å². The standard InChI is InChI=1S/C26H35NO7/c1-7-32-22(28)26(23(29)33-8-2,14-9-15-27-24(30)34-25(3,4)5)20-12-10-19-17-21(31-6)13-11-18(19)16-20/h10-13,16-17H,7-9,14-15H2,1-6H3,(H,27,30). The number of rotatable bonds is 10. The third kappa shape index (κ3) is 6.62. The van der Waals surface area contributed by atoms with Crippen LogP contribution in [0.5, 0.6) is 5.75 Å². The molecule has 0 atom stereocenters. The van der Waals surface area contributed by atoms with Crippen LogP contribution in [0, 0.1) is 0 Å². The zero-order valence-corrected chi connectivity index (χ0v) is 20.9. The summed E-state index contributed by atoms with van der Waals surface area (Å²) in [5, 5.41) is 4.40. The Bertz CT molecular complexity index is 992. The van der Waals surface area contributed by atoms with Crippen LogP contribution in [0.1, 0.15) is 53.0 Å². The normalized spacial score (nSPS) is 11.6. The molecule has 2 aromatic rings. The van der Waals surface area contributed by atoms with Crippen LogP contribution in [-0.2, 0) is 29.2 Å². The lowest BCUT2D eigenvalue weighted by Crippen LogP contribution is -2.47. The second-order valence-corrected chi connectivity index (χ2v) is 8.81. The number of amides is 1. The molecule has 186 valence electrons. The van der Waals surface area contributed by atoms with Gasteiger partial charge >= 0.3 is 18.0 Å². The van der Waals surface area contributed by atoms with Crippen LogP contribution in [0.3, 0.4) is 0 Å². The molecule has 0 aliphatic heterocycles. The Kier molecular flexibility index (Phi) is 9.29. The molecule has 0 aromatic heterocycles. The first-order valence-electron chi connectivity index (χ1n) is 11.5. The van der Waals surface area contributed by atoms with E-state index in [0.717, 1.165) is 10.8 Å². The van der Waals surface area contributed by atoms with E-state index >= 15 is 0 Å². The molecule has 1 amide bonds. The summed E-state index contributed by atoms with van der Waals surface area (Å²) in [6.45, 7) is 9.12. The van der Waals surface area contributed by atoms with Crippen molar-refractivity contribution in [3.8, 4) is 5.75 Å². The second-order valence-electron chi connectivity index (χ2n) is 8.81. The number of fused-ring (bicyclic) bond motifs is 1. The number of hydrogen-bond donors (Lipinski definition) is 1. The minimum absolute atomic E-state index is 0.0854. The molecule has 2 rings (SSSR count). The first kappa shape index (κ1) is 27.0. The molecule has 0 bridgehead atoms. The van der Waals surface area contributed by atoms with Gasteiger partial charge in [0.2, 0.25) is 0 Å². The van der Waals surface area contributed by atoms with Crippen LogP contribution in [0.4, 0.5) is 4.79 Å². The van der Waals surface area contributed by atoms with Crippen LogP contribution < -0.4 is 10.1 Å². The number of methoxy groups -OCH3 is 1. The summed E-state index contributed by atoms with van der Waals surface area (Å²) in [5.74, 6) is -0.660. The smallest absolute Gasteiger partial charge is 0.407 e. The molecule has 0 aliphatic rings. The monoisotopic (exact) mass is 473 g/mol. The zero-order chi connectivity index (χ0) is 25.4. The van der Waals surface area contributed by atoms with E-state index in [0.29, 0.717) is 17.7 Å². The van der Waals surface area contributed by atoms with Gasteiger partial charge in [0.25, 0.3) is 0 Å². The minimum atomic E-state index is -1.67. The molecular formula is C26H35NO7. The third-order valence-corrected chi connectivity index (χ3v) is 5.18. The topological polar surface area (TPSA) is 100 Å². The van der Waals surface area contributed by atoms with E-state index in [1.54, 1.807) is 53.9 Å². The van der Waals surface area contributed by atoms with Gasteiger partial charge in [0.05, 0.1) is 20.3 Å². The Morgan fingerprint density at radius 3 is 2.03 bits per heavy atom. The van der Waals surface area contributed by atoms with Gasteiger partial charge < -0.3 is 24.3 Å². The average molecular weight is 474 g/mol. The molecule has 2 aromatic carbocycles. The van der Waals surface area contributed by atoms with E-state index < -0.39 is 29.0 Å². The molecular weight excluding hydrogens is 438 g/mol. The minimum Gasteiger partial charge on any atom is -0.497 e. The number of carbonyl (C=O) groups excluding carboxylic acids is 3. The van der Waals surface area contributed by atoms with Crippen molar-refractivity contribution in [2.24, 2.45) is 0 Å². The Balaban J connectivity index is 2.41. The summed E-state index contributed by atoms with van der Waals surface area (Å²) in [4.78, 5) is 38.6. The van der Waals surface area contributed by atoms with Crippen molar-refractivity contribution in [3.63, 3.8) is 0 Å². The van der Waals surface area contributed by atoms with Crippen molar-refractivity contribution in [2.45, 2.75) is 58.5 Å². The summed E-state index contributed by atoms with van der Waals surface area (Å²) >= 11 is 0. The Hall–Kier alpha value is -3.29. The van der Waals surface area contributed by atoms with Gasteiger partial charge in [-0.2, -0.15) is 0 Å². The van der Waals surface area contributed by atoms with Crippen LogP contribution >= 0.6 is 0 Å². The number of ether oxygens (including phenoxy) is 4. The largest absolute Gasteiger partial charge is 0.497 e. The third-order valence-electron chi connectivity index (χ3n) is 5.18. The number of alkyl carbamates (subject to hydrolysis) is 1. The Morgan fingerprint density at radius 2 is 1.47 bits per heavy atom. The van der Waals surface area contributed by atoms with E-state index in [9.17, 15) is 14.4 Å². The van der Waals surface area contributed by atoms with Gasteiger partial charge in [0.1, 0.15) is 11.4 Å². The lowest BCUT2D eigenvalue weighted by molar-refractivity contribution is -0.165. The van der Waals surface area contributed by atoms with Gasteiger partial charge in [-0.3, -0.25) is 9.59 Å². The van der Waals surface area contributed by atoms with Gasteiger partial charge in [-0.15, -0.1) is 0 Å². The molecule has 0 saturated heterocycles. The van der Waals surface area contributed by atoms with Crippen molar-refractivity contribution in [1.82, 2.24) is 5.32 Å². The van der Waals surface area contributed by atoms with Crippen molar-refractivity contribution in [3.05, 3.63) is 42.0 Å². The number of hydrogen-bond acceptors (Lipinski definition) is 7. The molecule has 0 fully saturated rings. The summed E-state index contributed by atoms with van der Waals surface area (Å²) in [6, 6.07) is 10.9. The fraction of sp³-hybridized carbons (Fsp3) is 0.500. The van der Waals surface area contributed by atoms with E-state index in [1.165, 1.54) is 0 Å². The van der Waals surface area contributed by atoms with Crippen LogP contribution in [0.2, 0.25) is 0 Å². The fourth-order valence-corrected chi connectivity index (χ4v) is 3.65. The number of esters is 2. The van der Waals surface area contributed by atoms with E-state index in [4.69, 9.17) is 18.9 Å². The first-order chi connectivity index (χ1) is 16.1. The molecule has 0 unspecified atom stereocenters. The highest BCUT2D eigenvalue weighted by molar-refractivity contribution is 6.07. The fourth-order valence-electron chi connectivity index (χ4n) is 3.65. The molecule has 1 N–H and O–H groups in total. The lowest BCUT2D eigenvalue weighted by atomic mass is 9.75. The Labute approximate surface area is 200 Å². The average Bonchev–Trinajstić information content (AvgIpc) is 2.77. The summed E-state index contributed by atoms with van der Waals surface area (Å²) < 4.78 is 21.2. The van der Waals surface area contributed by atoms with Gasteiger partial charge in [-0.1, -0.05) is 18.2 Å². The SMILES string of the molecule is CCOC(=O)C(CCCNC(=O)OC(C)(C)C)(C(=O)OCC)c1ccc2cc(OC)ccc2c1. The van der Waals surface area contributed by atoms with Gasteiger partial charge in [0.15, 0.2) is 5.41 Å². The summed E-state index contributed by atoms with van der Waals surface area (Å²) in [5.41, 5.74) is -1.83. The van der Waals surface area contributed by atoms with Crippen molar-refractivity contribution < 1.29 is 33.3 Å². The maximum Gasteiger partial charge on any atom is 0.407 e. The molecule has 0 heterocycles. The molecule has 8 nitrogen and oxygen atoms in total. The maximum atomic E-state index is 13.3. The van der Waals surface area contributed by atoms with Gasteiger partial charge in [-0.05, 0) is 82.0 Å². The maximum absolute atomic E-state index is 13.3. The second kappa shape index (κ2) is 11.7. The first-order valence-corrected chi connectivity index (χ1v) is 11.5. The van der Waals surface area contributed by atoms with Gasteiger partial charge in [0, 0.05) is 6.54 Å². The van der Waals surface area contributed by atoms with Gasteiger partial charge in [-0.25, -0.2) is 4.79 Å². The van der Waals surface area contributed by atoms with E-state index in [2.05, 4.69) is 5.32 Å². The number of nitrogens with one attached hydrogen (secondary N) is 1. The molecule has 0 radical (unpaired) electrons. The van der Waals surface area contributed by atoms with E-state index in [-0.39, 0.29) is 26.2 Å². The summed E-state index contributed by atoms with van der Waals surface area (Å²) in [6.07, 6.45) is -0.162. The lowest BCUT2D eigenvalue weighted by Gasteiger charge is -2.30. The van der Waals surface area contributed by atoms with Crippen LogP contribution in [-0.4, -0.2) is 50.5 Å². The predicted octanol–water partition coefficient (Wildman–Crippen LogP) is 4.52. The van der Waals surface area contributed by atoms with Crippen molar-refractivity contribution >= 4 is 28.8 Å². The molecule has 0 spiro atoms. The van der Waals surface area contributed by atoms with E-state index in [1.807, 2.05) is 24.3 Å². The number of carbonyl (C=O) groups is 3. The molecule has 8 heteroatoms. The predicted molar refractivity (Wildman–Crippen MR) is 129 cm³/mol. The highest BCUT2D eigenvalue weighted by Crippen LogP contribution is 2.35. The molecule has 0 saturated carbocycles. The van der Waals surface area contributed by atoms with Crippen molar-refractivity contribution in [2.75, 3.05) is 26.9 Å². The molecule has 0 aliphatic carbocycles.